The van der Waals surface area contributed by atoms with Crippen LogP contribution >= 0.6 is 23.2 Å². The van der Waals surface area contributed by atoms with Gasteiger partial charge in [0, 0.05) is 24.7 Å². The topological polar surface area (TPSA) is 72.5 Å². The molecule has 3 rings (SSSR count). The lowest BCUT2D eigenvalue weighted by atomic mass is 10.0. The van der Waals surface area contributed by atoms with Crippen molar-refractivity contribution in [2.45, 2.75) is 25.5 Å². The number of anilines is 1. The number of rotatable bonds is 5. The first-order valence-electron chi connectivity index (χ1n) is 8.29. The Labute approximate surface area is 161 Å². The van der Waals surface area contributed by atoms with E-state index in [0.29, 0.717) is 34.7 Å². The van der Waals surface area contributed by atoms with Gasteiger partial charge < -0.3 is 20.1 Å². The number of halogens is 2. The number of nitrogens with one attached hydrogen (secondary N) is 2. The third kappa shape index (κ3) is 4.38. The fraction of sp³-hybridized carbons (Fsp3) is 0.333. The Bertz CT molecular complexity index is 751. The Morgan fingerprint density at radius 2 is 2.00 bits per heavy atom. The zero-order valence-corrected chi connectivity index (χ0v) is 15.7. The molecule has 1 aromatic heterocycles. The first-order valence-corrected chi connectivity index (χ1v) is 9.05. The number of pyridine rings is 1. The molecular weight excluding hydrogens is 377 g/mol. The molecular formula is C18H19Cl2N3O3. The van der Waals surface area contributed by atoms with Gasteiger partial charge in [0.15, 0.2) is 5.75 Å². The molecule has 0 spiro atoms. The summed E-state index contributed by atoms with van der Waals surface area (Å²) in [4.78, 5) is 16.4. The van der Waals surface area contributed by atoms with Gasteiger partial charge in [-0.25, -0.2) is 4.79 Å². The minimum Gasteiger partial charge on any atom is -0.491 e. The van der Waals surface area contributed by atoms with Gasteiger partial charge in [-0.3, -0.25) is 4.98 Å². The van der Waals surface area contributed by atoms with Crippen LogP contribution < -0.4 is 15.4 Å². The quantitative estimate of drug-likeness (QED) is 0.784. The Kier molecular flexibility index (Phi) is 6.19. The number of nitrogens with zero attached hydrogens (tertiary/aromatic N) is 1. The summed E-state index contributed by atoms with van der Waals surface area (Å²) in [6.07, 6.45) is 3.94. The van der Waals surface area contributed by atoms with E-state index in [0.717, 1.165) is 12.0 Å². The van der Waals surface area contributed by atoms with Crippen LogP contribution in [0.3, 0.4) is 0 Å². The summed E-state index contributed by atoms with van der Waals surface area (Å²) in [6, 6.07) is 6.48. The van der Waals surface area contributed by atoms with E-state index in [2.05, 4.69) is 15.6 Å². The maximum Gasteiger partial charge on any atom is 0.319 e. The van der Waals surface area contributed by atoms with Crippen LogP contribution in [0.2, 0.25) is 10.0 Å². The molecule has 0 aliphatic carbocycles. The summed E-state index contributed by atoms with van der Waals surface area (Å²) in [6.45, 7) is 2.87. The molecule has 0 bridgehead atoms. The van der Waals surface area contributed by atoms with Crippen molar-refractivity contribution < 1.29 is 14.3 Å². The smallest absolute Gasteiger partial charge is 0.319 e. The molecule has 1 aliphatic heterocycles. The lowest BCUT2D eigenvalue weighted by molar-refractivity contribution is 0.100. The molecule has 6 nitrogen and oxygen atoms in total. The molecule has 2 aromatic rings. The Hall–Kier alpha value is -2.02. The molecule has 0 saturated carbocycles. The molecule has 2 amide bonds. The highest BCUT2D eigenvalue weighted by atomic mass is 35.5. The van der Waals surface area contributed by atoms with E-state index in [1.165, 1.54) is 0 Å². The van der Waals surface area contributed by atoms with Crippen LogP contribution in [0.4, 0.5) is 10.5 Å². The van der Waals surface area contributed by atoms with E-state index in [4.69, 9.17) is 32.7 Å². The van der Waals surface area contributed by atoms with Gasteiger partial charge in [0.2, 0.25) is 0 Å². The molecule has 1 fully saturated rings. The summed E-state index contributed by atoms with van der Waals surface area (Å²) in [5, 5.41) is 6.37. The predicted molar refractivity (Wildman–Crippen MR) is 101 cm³/mol. The van der Waals surface area contributed by atoms with Gasteiger partial charge in [-0.05, 0) is 43.2 Å². The average molecular weight is 396 g/mol. The van der Waals surface area contributed by atoms with Gasteiger partial charge in [0.25, 0.3) is 0 Å². The van der Waals surface area contributed by atoms with Crippen molar-refractivity contribution in [3.8, 4) is 5.75 Å². The molecule has 1 aromatic carbocycles. The lowest BCUT2D eigenvalue weighted by Gasteiger charge is -2.20. The molecule has 8 heteroatoms. The largest absolute Gasteiger partial charge is 0.491 e. The van der Waals surface area contributed by atoms with Crippen LogP contribution in [0.1, 0.15) is 25.0 Å². The van der Waals surface area contributed by atoms with Crippen LogP contribution in [-0.2, 0) is 4.74 Å². The van der Waals surface area contributed by atoms with Crippen molar-refractivity contribution in [3.05, 3.63) is 52.3 Å². The third-order valence-electron chi connectivity index (χ3n) is 3.99. The van der Waals surface area contributed by atoms with Crippen LogP contribution in [0, 0.1) is 0 Å². The Balaban J connectivity index is 1.65. The second-order valence-electron chi connectivity index (χ2n) is 5.77. The van der Waals surface area contributed by atoms with Crippen LogP contribution in [0.15, 0.2) is 36.7 Å². The fourth-order valence-corrected chi connectivity index (χ4v) is 3.47. The van der Waals surface area contributed by atoms with Gasteiger partial charge in [0.1, 0.15) is 6.10 Å². The van der Waals surface area contributed by atoms with Crippen molar-refractivity contribution in [2.24, 2.45) is 0 Å². The van der Waals surface area contributed by atoms with E-state index in [-0.39, 0.29) is 18.2 Å². The number of benzene rings is 1. The summed E-state index contributed by atoms with van der Waals surface area (Å²) in [7, 11) is 0. The minimum atomic E-state index is -0.351. The molecule has 1 saturated heterocycles. The number of hydrogen-bond donors (Lipinski definition) is 2. The molecule has 0 radical (unpaired) electrons. The van der Waals surface area contributed by atoms with E-state index in [1.54, 1.807) is 24.5 Å². The average Bonchev–Trinajstić information content (AvgIpc) is 3.07. The molecule has 138 valence electrons. The van der Waals surface area contributed by atoms with E-state index < -0.39 is 0 Å². The Morgan fingerprint density at radius 3 is 2.65 bits per heavy atom. The summed E-state index contributed by atoms with van der Waals surface area (Å²) in [5.41, 5.74) is 1.47. The normalized spacial score (nSPS) is 19.2. The second-order valence-corrected chi connectivity index (χ2v) is 6.58. The highest BCUT2D eigenvalue weighted by Gasteiger charge is 2.31. The highest BCUT2D eigenvalue weighted by molar-refractivity contribution is 6.37. The van der Waals surface area contributed by atoms with Gasteiger partial charge in [-0.2, -0.15) is 0 Å². The second kappa shape index (κ2) is 8.58. The number of ether oxygens (including phenoxy) is 2. The van der Waals surface area contributed by atoms with Crippen LogP contribution in [0.25, 0.3) is 0 Å². The molecule has 2 N–H and O–H groups in total. The van der Waals surface area contributed by atoms with E-state index >= 15 is 0 Å². The van der Waals surface area contributed by atoms with Gasteiger partial charge in [0.05, 0.1) is 22.7 Å². The molecule has 2 atom stereocenters. The minimum absolute atomic E-state index is 0.133. The molecule has 1 aliphatic rings. The van der Waals surface area contributed by atoms with E-state index in [9.17, 15) is 4.79 Å². The highest BCUT2D eigenvalue weighted by Crippen LogP contribution is 2.36. The summed E-state index contributed by atoms with van der Waals surface area (Å²) in [5.74, 6) is 0.406. The number of urea groups is 1. The SMILES string of the molecule is CCOc1c(Cl)cc(NC(=O)N[C@@H]2CCO[C@H]2c2ccncc2)cc1Cl. The van der Waals surface area contributed by atoms with Gasteiger partial charge >= 0.3 is 6.03 Å². The van der Waals surface area contributed by atoms with Crippen molar-refractivity contribution >= 4 is 34.9 Å². The van der Waals surface area contributed by atoms with Crippen molar-refractivity contribution in [3.63, 3.8) is 0 Å². The van der Waals surface area contributed by atoms with Crippen LogP contribution in [0.5, 0.6) is 5.75 Å². The fourth-order valence-electron chi connectivity index (χ4n) is 2.87. The molecule has 2 heterocycles. The van der Waals surface area contributed by atoms with Crippen molar-refractivity contribution in [2.75, 3.05) is 18.5 Å². The number of carbonyl (C=O) groups is 1. The maximum absolute atomic E-state index is 12.4. The van der Waals surface area contributed by atoms with Gasteiger partial charge in [-0.15, -0.1) is 0 Å². The first kappa shape index (κ1) is 18.8. The number of amides is 2. The summed E-state index contributed by atoms with van der Waals surface area (Å²) < 4.78 is 11.1. The predicted octanol–water partition coefficient (Wildman–Crippen LogP) is 4.44. The van der Waals surface area contributed by atoms with Crippen LogP contribution in [-0.4, -0.2) is 30.3 Å². The zero-order chi connectivity index (χ0) is 18.5. The van der Waals surface area contributed by atoms with Gasteiger partial charge in [-0.1, -0.05) is 23.2 Å². The molecule has 0 unspecified atom stereocenters. The summed E-state index contributed by atoms with van der Waals surface area (Å²) >= 11 is 12.3. The standard InChI is InChI=1S/C18H19Cl2N3O3/c1-2-25-17-13(19)9-12(10-14(17)20)22-18(24)23-15-5-8-26-16(15)11-3-6-21-7-4-11/h3-4,6-7,9-10,15-16H,2,5,8H2,1H3,(H2,22,23,24)/t15-,16+/m1/s1. The maximum atomic E-state index is 12.4. The number of carbonyl (C=O) groups excluding carboxylic acids is 1. The van der Waals surface area contributed by atoms with Crippen molar-refractivity contribution in [1.29, 1.82) is 0 Å². The van der Waals surface area contributed by atoms with E-state index in [1.807, 2.05) is 19.1 Å². The molecule has 26 heavy (non-hydrogen) atoms. The first-order chi connectivity index (χ1) is 12.6. The number of aromatic nitrogens is 1. The Morgan fingerprint density at radius 1 is 1.31 bits per heavy atom. The monoisotopic (exact) mass is 395 g/mol. The zero-order valence-electron chi connectivity index (χ0n) is 14.2. The van der Waals surface area contributed by atoms with Crippen molar-refractivity contribution in [1.82, 2.24) is 10.3 Å². The third-order valence-corrected chi connectivity index (χ3v) is 4.55. The number of hydrogen-bond acceptors (Lipinski definition) is 4. The lowest BCUT2D eigenvalue weighted by Crippen LogP contribution is -2.39.